The molecular weight excluding hydrogens is 247 g/mol. The zero-order valence-electron chi connectivity index (χ0n) is 5.26. The maximum Gasteiger partial charge on any atom is 0.0909 e. The summed E-state index contributed by atoms with van der Waals surface area (Å²) in [6.07, 6.45) is 0. The number of aryl methyl sites for hydroxylation is 1. The first-order chi connectivity index (χ1) is 4.22. The summed E-state index contributed by atoms with van der Waals surface area (Å²) >= 11 is 3.80. The van der Waals surface area contributed by atoms with Gasteiger partial charge in [0.05, 0.1) is 9.62 Å². The predicted molar refractivity (Wildman–Crippen MR) is 47.1 cm³/mol. The number of aromatic nitrogens is 2. The average Bonchev–Trinajstić information content (AvgIpc) is 2.13. The van der Waals surface area contributed by atoms with Crippen molar-refractivity contribution in [3.63, 3.8) is 0 Å². The summed E-state index contributed by atoms with van der Waals surface area (Å²) in [6, 6.07) is 0. The molecule has 1 aromatic heterocycles. The first-order valence-corrected chi connectivity index (χ1v) is 4.66. The Morgan fingerprint density at radius 3 is 2.56 bits per heavy atom. The first-order valence-electron chi connectivity index (χ1n) is 2.64. The van der Waals surface area contributed by atoms with E-state index >= 15 is 0 Å². The van der Waals surface area contributed by atoms with Crippen LogP contribution in [-0.2, 0) is 0 Å². The van der Waals surface area contributed by atoms with Crippen LogP contribution in [0.15, 0.2) is 0 Å². The Morgan fingerprint density at radius 2 is 2.33 bits per heavy atom. The molecule has 0 amide bonds. The van der Waals surface area contributed by atoms with Gasteiger partial charge in [-0.25, -0.2) is 0 Å². The summed E-state index contributed by atoms with van der Waals surface area (Å²) in [5.41, 5.74) is 1.13. The van der Waals surface area contributed by atoms with Crippen LogP contribution in [0, 0.1) is 6.92 Å². The lowest BCUT2D eigenvalue weighted by atomic mass is 10.3. The maximum atomic E-state index is 3.98. The summed E-state index contributed by atoms with van der Waals surface area (Å²) in [6.45, 7) is 4.17. The fourth-order valence-corrected chi connectivity index (χ4v) is 1.97. The summed E-state index contributed by atoms with van der Waals surface area (Å²) in [4.78, 5) is 1.23. The van der Waals surface area contributed by atoms with Crippen molar-refractivity contribution in [1.82, 2.24) is 9.59 Å². The lowest BCUT2D eigenvalue weighted by Crippen LogP contribution is -1.85. The third-order valence-electron chi connectivity index (χ3n) is 1.06. The number of halogens is 1. The van der Waals surface area contributed by atoms with E-state index in [9.17, 15) is 0 Å². The van der Waals surface area contributed by atoms with Gasteiger partial charge in [0.2, 0.25) is 0 Å². The van der Waals surface area contributed by atoms with Crippen LogP contribution in [0.2, 0.25) is 0 Å². The fourth-order valence-electron chi connectivity index (χ4n) is 0.602. The van der Waals surface area contributed by atoms with Crippen molar-refractivity contribution in [1.29, 1.82) is 0 Å². The number of hydrogen-bond donors (Lipinski definition) is 0. The summed E-state index contributed by atoms with van der Waals surface area (Å²) in [5, 5.41) is 3.98. The molecule has 0 saturated carbocycles. The van der Waals surface area contributed by atoms with Gasteiger partial charge in [0.15, 0.2) is 0 Å². The number of nitrogens with zero attached hydrogens (tertiary/aromatic N) is 2. The molecular formula is C5H7IN2S. The highest BCUT2D eigenvalue weighted by molar-refractivity contribution is 14.1. The monoisotopic (exact) mass is 254 g/mol. The van der Waals surface area contributed by atoms with Crippen molar-refractivity contribution >= 4 is 34.1 Å². The van der Waals surface area contributed by atoms with Crippen LogP contribution in [0.4, 0.5) is 0 Å². The van der Waals surface area contributed by atoms with Crippen molar-refractivity contribution in [2.45, 2.75) is 17.8 Å². The van der Waals surface area contributed by atoms with Crippen molar-refractivity contribution in [2.24, 2.45) is 0 Å². The second kappa shape index (κ2) is 2.92. The molecule has 0 spiro atoms. The molecule has 1 atom stereocenters. The van der Waals surface area contributed by atoms with E-state index in [0.717, 1.165) is 5.69 Å². The van der Waals surface area contributed by atoms with Crippen LogP contribution >= 0.6 is 34.1 Å². The Labute approximate surface area is 72.0 Å². The van der Waals surface area contributed by atoms with Crippen LogP contribution in [0.1, 0.15) is 21.4 Å². The average molecular weight is 254 g/mol. The SMILES string of the molecule is Cc1snnc1C(C)I. The van der Waals surface area contributed by atoms with Gasteiger partial charge in [-0.1, -0.05) is 27.1 Å². The van der Waals surface area contributed by atoms with E-state index in [1.807, 2.05) is 0 Å². The molecule has 0 saturated heterocycles. The summed E-state index contributed by atoms with van der Waals surface area (Å²) in [7, 11) is 0. The molecule has 0 aliphatic rings. The quantitative estimate of drug-likeness (QED) is 0.567. The lowest BCUT2D eigenvalue weighted by Gasteiger charge is -1.95. The molecule has 9 heavy (non-hydrogen) atoms. The van der Waals surface area contributed by atoms with Crippen LogP contribution in [0.3, 0.4) is 0 Å². The van der Waals surface area contributed by atoms with Gasteiger partial charge in [-0.2, -0.15) is 0 Å². The van der Waals surface area contributed by atoms with E-state index in [4.69, 9.17) is 0 Å². The Balaban J connectivity index is 2.94. The van der Waals surface area contributed by atoms with Gasteiger partial charge in [0.1, 0.15) is 0 Å². The first kappa shape index (κ1) is 7.40. The molecule has 50 valence electrons. The molecule has 2 nitrogen and oxygen atoms in total. The second-order valence-corrected chi connectivity index (χ2v) is 4.66. The third kappa shape index (κ3) is 1.61. The number of rotatable bonds is 1. The predicted octanol–water partition coefficient (Wildman–Crippen LogP) is 2.34. The zero-order valence-corrected chi connectivity index (χ0v) is 8.23. The molecule has 0 aliphatic carbocycles. The Morgan fingerprint density at radius 1 is 1.67 bits per heavy atom. The van der Waals surface area contributed by atoms with Gasteiger partial charge < -0.3 is 0 Å². The minimum Gasteiger partial charge on any atom is -0.142 e. The highest BCUT2D eigenvalue weighted by Crippen LogP contribution is 2.24. The Bertz CT molecular complexity index is 197. The topological polar surface area (TPSA) is 25.8 Å². The van der Waals surface area contributed by atoms with E-state index in [2.05, 4.69) is 46.0 Å². The van der Waals surface area contributed by atoms with E-state index in [0.29, 0.717) is 3.92 Å². The highest BCUT2D eigenvalue weighted by atomic mass is 127. The van der Waals surface area contributed by atoms with E-state index in [1.165, 1.54) is 16.4 Å². The van der Waals surface area contributed by atoms with Gasteiger partial charge in [0, 0.05) is 4.88 Å². The smallest absolute Gasteiger partial charge is 0.0909 e. The molecule has 0 N–H and O–H groups in total. The summed E-state index contributed by atoms with van der Waals surface area (Å²) in [5.74, 6) is 0. The minimum absolute atomic E-state index is 0.487. The zero-order chi connectivity index (χ0) is 6.85. The molecule has 1 heterocycles. The minimum atomic E-state index is 0.487. The molecule has 0 radical (unpaired) electrons. The van der Waals surface area contributed by atoms with Crippen molar-refractivity contribution < 1.29 is 0 Å². The second-order valence-electron chi connectivity index (χ2n) is 1.83. The molecule has 0 aromatic carbocycles. The Kier molecular flexibility index (Phi) is 2.40. The van der Waals surface area contributed by atoms with Gasteiger partial charge in [-0.3, -0.25) is 0 Å². The standard InChI is InChI=1S/C5H7IN2S/c1-3(6)5-4(2)9-8-7-5/h3H,1-2H3. The molecule has 1 aromatic rings. The number of hydrogen-bond acceptors (Lipinski definition) is 3. The normalized spacial score (nSPS) is 13.7. The molecule has 0 fully saturated rings. The Hall–Kier alpha value is 0.290. The van der Waals surface area contributed by atoms with Crippen LogP contribution in [0.25, 0.3) is 0 Å². The van der Waals surface area contributed by atoms with E-state index < -0.39 is 0 Å². The van der Waals surface area contributed by atoms with E-state index in [-0.39, 0.29) is 0 Å². The van der Waals surface area contributed by atoms with Crippen molar-refractivity contribution in [2.75, 3.05) is 0 Å². The van der Waals surface area contributed by atoms with Gasteiger partial charge in [-0.15, -0.1) is 5.10 Å². The van der Waals surface area contributed by atoms with Crippen LogP contribution < -0.4 is 0 Å². The van der Waals surface area contributed by atoms with E-state index in [1.54, 1.807) is 0 Å². The van der Waals surface area contributed by atoms with Gasteiger partial charge in [-0.05, 0) is 25.4 Å². The fraction of sp³-hybridized carbons (Fsp3) is 0.600. The molecule has 1 rings (SSSR count). The van der Waals surface area contributed by atoms with Gasteiger partial charge in [0.25, 0.3) is 0 Å². The van der Waals surface area contributed by atoms with Crippen LogP contribution in [-0.4, -0.2) is 9.59 Å². The number of alkyl halides is 1. The highest BCUT2D eigenvalue weighted by Gasteiger charge is 2.07. The molecule has 0 aliphatic heterocycles. The molecule has 4 heteroatoms. The van der Waals surface area contributed by atoms with Crippen molar-refractivity contribution in [3.05, 3.63) is 10.6 Å². The van der Waals surface area contributed by atoms with Gasteiger partial charge >= 0.3 is 0 Å². The lowest BCUT2D eigenvalue weighted by molar-refractivity contribution is 0.983. The maximum absolute atomic E-state index is 3.98. The van der Waals surface area contributed by atoms with Crippen molar-refractivity contribution in [3.8, 4) is 0 Å². The van der Waals surface area contributed by atoms with Crippen LogP contribution in [0.5, 0.6) is 0 Å². The molecule has 0 bridgehead atoms. The largest absolute Gasteiger partial charge is 0.142 e. The molecule has 1 unspecified atom stereocenters. The third-order valence-corrected chi connectivity index (χ3v) is 2.30. The summed E-state index contributed by atoms with van der Waals surface area (Å²) < 4.78 is 4.32.